The van der Waals surface area contributed by atoms with Crippen molar-refractivity contribution in [1.29, 1.82) is 0 Å². The number of hydrogen-bond acceptors (Lipinski definition) is 6. The number of amides is 1. The number of aliphatic hydroxyl groups is 2. The number of rotatable bonds is 3. The van der Waals surface area contributed by atoms with Crippen LogP contribution in [0.5, 0.6) is 0 Å². The van der Waals surface area contributed by atoms with Crippen LogP contribution in [0.2, 0.25) is 0 Å². The van der Waals surface area contributed by atoms with Gasteiger partial charge in [-0.1, -0.05) is 6.58 Å². The Morgan fingerprint density at radius 1 is 1.38 bits per heavy atom. The van der Waals surface area contributed by atoms with Gasteiger partial charge in [-0.3, -0.25) is 4.90 Å². The van der Waals surface area contributed by atoms with Crippen LogP contribution in [0.3, 0.4) is 0 Å². The summed E-state index contributed by atoms with van der Waals surface area (Å²) in [6.07, 6.45) is -2.62. The minimum absolute atomic E-state index is 0.0328. The van der Waals surface area contributed by atoms with E-state index in [1.807, 2.05) is 0 Å². The van der Waals surface area contributed by atoms with E-state index in [2.05, 4.69) is 11.3 Å². The molecule has 1 amide bonds. The lowest BCUT2D eigenvalue weighted by atomic mass is 10.0. The van der Waals surface area contributed by atoms with Gasteiger partial charge in [0, 0.05) is 0 Å². The van der Waals surface area contributed by atoms with Gasteiger partial charge in [-0.05, 0) is 27.2 Å². The Labute approximate surface area is 124 Å². The van der Waals surface area contributed by atoms with Crippen molar-refractivity contribution in [2.75, 3.05) is 13.7 Å². The molecule has 3 atom stereocenters. The fourth-order valence-electron chi connectivity index (χ4n) is 2.16. The van der Waals surface area contributed by atoms with Gasteiger partial charge in [-0.25, -0.2) is 9.59 Å². The molecule has 2 N–H and O–H groups in total. The Bertz CT molecular complexity index is 428. The second-order valence-corrected chi connectivity index (χ2v) is 6.05. The number of β-amino-alcohol motifs (C(OH)–C–C–N with tert-alkyl or cyclic N) is 1. The summed E-state index contributed by atoms with van der Waals surface area (Å²) in [5.74, 6) is -0.756. The van der Waals surface area contributed by atoms with Crippen LogP contribution in [0.4, 0.5) is 4.79 Å². The highest BCUT2D eigenvalue weighted by molar-refractivity contribution is 5.89. The Morgan fingerprint density at radius 2 is 1.95 bits per heavy atom. The normalized spacial score (nSPS) is 23.6. The first kappa shape index (κ1) is 17.5. The van der Waals surface area contributed by atoms with Crippen molar-refractivity contribution >= 4 is 12.1 Å². The quantitative estimate of drug-likeness (QED) is 0.580. The van der Waals surface area contributed by atoms with Gasteiger partial charge >= 0.3 is 12.1 Å². The molecule has 21 heavy (non-hydrogen) atoms. The zero-order valence-electron chi connectivity index (χ0n) is 12.8. The van der Waals surface area contributed by atoms with Gasteiger partial charge in [0.05, 0.1) is 31.4 Å². The summed E-state index contributed by atoms with van der Waals surface area (Å²) in [5, 5.41) is 19.9. The minimum Gasteiger partial charge on any atom is -0.466 e. The molecule has 7 heteroatoms. The summed E-state index contributed by atoms with van der Waals surface area (Å²) in [4.78, 5) is 24.8. The van der Waals surface area contributed by atoms with Gasteiger partial charge in [0.1, 0.15) is 11.7 Å². The molecular weight excluding hydrogens is 278 g/mol. The standard InChI is InChI=1S/C14H23NO6/c1-8(12(18)20-5)11(17)10-6-9(16)7-15(10)13(19)21-14(2,3)4/h9-11,16-17H,1,6-7H2,2-5H3/t9-,10?,11+/m1/s1. The van der Waals surface area contributed by atoms with E-state index in [4.69, 9.17) is 4.74 Å². The van der Waals surface area contributed by atoms with Gasteiger partial charge in [0.2, 0.25) is 0 Å². The third-order valence-electron chi connectivity index (χ3n) is 3.12. The van der Waals surface area contributed by atoms with Crippen LogP contribution in [0.15, 0.2) is 12.2 Å². The average molecular weight is 301 g/mol. The molecular formula is C14H23NO6. The molecule has 0 spiro atoms. The second-order valence-electron chi connectivity index (χ2n) is 6.05. The fourth-order valence-corrected chi connectivity index (χ4v) is 2.16. The lowest BCUT2D eigenvalue weighted by Gasteiger charge is -2.30. The van der Waals surface area contributed by atoms with Gasteiger partial charge in [0.15, 0.2) is 0 Å². The van der Waals surface area contributed by atoms with E-state index in [9.17, 15) is 19.8 Å². The van der Waals surface area contributed by atoms with Crippen LogP contribution in [-0.4, -0.2) is 64.7 Å². The monoisotopic (exact) mass is 301 g/mol. The van der Waals surface area contributed by atoms with Crippen LogP contribution in [0, 0.1) is 0 Å². The van der Waals surface area contributed by atoms with Crippen molar-refractivity contribution in [3.05, 3.63) is 12.2 Å². The number of carbonyl (C=O) groups excluding carboxylic acids is 2. The molecule has 1 unspecified atom stereocenters. The summed E-state index contributed by atoms with van der Waals surface area (Å²) in [5.41, 5.74) is -0.857. The summed E-state index contributed by atoms with van der Waals surface area (Å²) in [6.45, 7) is 8.67. The smallest absolute Gasteiger partial charge is 0.410 e. The molecule has 1 rings (SSSR count). The molecule has 0 aromatic heterocycles. The number of nitrogens with zero attached hydrogens (tertiary/aromatic N) is 1. The van der Waals surface area contributed by atoms with Gasteiger partial charge in [0.25, 0.3) is 0 Å². The molecule has 0 saturated carbocycles. The van der Waals surface area contributed by atoms with Crippen molar-refractivity contribution in [2.45, 2.75) is 51.0 Å². The van der Waals surface area contributed by atoms with Crippen LogP contribution in [0.25, 0.3) is 0 Å². The third kappa shape index (κ3) is 4.44. The van der Waals surface area contributed by atoms with Crippen molar-refractivity contribution in [3.63, 3.8) is 0 Å². The first-order valence-electron chi connectivity index (χ1n) is 6.69. The maximum Gasteiger partial charge on any atom is 0.410 e. The third-order valence-corrected chi connectivity index (χ3v) is 3.12. The lowest BCUT2D eigenvalue weighted by molar-refractivity contribution is -0.137. The van der Waals surface area contributed by atoms with E-state index in [1.54, 1.807) is 20.8 Å². The average Bonchev–Trinajstić information content (AvgIpc) is 2.76. The molecule has 7 nitrogen and oxygen atoms in total. The number of carbonyl (C=O) groups is 2. The molecule has 1 saturated heterocycles. The summed E-state index contributed by atoms with van der Waals surface area (Å²) < 4.78 is 9.74. The van der Waals surface area contributed by atoms with E-state index in [0.29, 0.717) is 0 Å². The number of hydrogen-bond donors (Lipinski definition) is 2. The molecule has 0 radical (unpaired) electrons. The van der Waals surface area contributed by atoms with Crippen molar-refractivity contribution < 1.29 is 29.3 Å². The van der Waals surface area contributed by atoms with Gasteiger partial charge in [-0.2, -0.15) is 0 Å². The summed E-state index contributed by atoms with van der Waals surface area (Å²) in [6, 6.07) is -0.776. The predicted octanol–water partition coefficient (Wildman–Crippen LogP) is 0.447. The van der Waals surface area contributed by atoms with Crippen LogP contribution >= 0.6 is 0 Å². The van der Waals surface area contributed by atoms with Gasteiger partial charge in [-0.15, -0.1) is 0 Å². The summed E-state index contributed by atoms with van der Waals surface area (Å²) >= 11 is 0. The molecule has 120 valence electrons. The fraction of sp³-hybridized carbons (Fsp3) is 0.714. The van der Waals surface area contributed by atoms with E-state index >= 15 is 0 Å². The SMILES string of the molecule is C=C(C(=O)OC)[C@H](O)C1C[C@@H](O)CN1C(=O)OC(C)(C)C. The molecule has 0 bridgehead atoms. The van der Waals surface area contributed by atoms with Crippen molar-refractivity contribution in [2.24, 2.45) is 0 Å². The topological polar surface area (TPSA) is 96.3 Å². The van der Waals surface area contributed by atoms with E-state index in [0.717, 1.165) is 0 Å². The van der Waals surface area contributed by atoms with E-state index < -0.39 is 35.9 Å². The van der Waals surface area contributed by atoms with E-state index in [-0.39, 0.29) is 18.5 Å². The van der Waals surface area contributed by atoms with Crippen molar-refractivity contribution in [1.82, 2.24) is 4.90 Å². The summed E-state index contributed by atoms with van der Waals surface area (Å²) in [7, 11) is 1.18. The van der Waals surface area contributed by atoms with Gasteiger partial charge < -0.3 is 19.7 Å². The Hall–Kier alpha value is -1.60. The molecule has 1 fully saturated rings. The maximum atomic E-state index is 12.1. The highest BCUT2D eigenvalue weighted by atomic mass is 16.6. The highest BCUT2D eigenvalue weighted by Gasteiger charge is 2.42. The lowest BCUT2D eigenvalue weighted by Crippen LogP contribution is -2.46. The maximum absolute atomic E-state index is 12.1. The van der Waals surface area contributed by atoms with Crippen molar-refractivity contribution in [3.8, 4) is 0 Å². The molecule has 1 aliphatic heterocycles. The van der Waals surface area contributed by atoms with Crippen LogP contribution < -0.4 is 0 Å². The van der Waals surface area contributed by atoms with Crippen LogP contribution in [0.1, 0.15) is 27.2 Å². The number of methoxy groups -OCH3 is 1. The highest BCUT2D eigenvalue weighted by Crippen LogP contribution is 2.26. The molecule has 0 aromatic rings. The number of aliphatic hydroxyl groups excluding tert-OH is 2. The predicted molar refractivity (Wildman–Crippen MR) is 74.5 cm³/mol. The Morgan fingerprint density at radius 3 is 2.43 bits per heavy atom. The molecule has 1 heterocycles. The first-order chi connectivity index (χ1) is 9.56. The van der Waals surface area contributed by atoms with Crippen LogP contribution in [-0.2, 0) is 14.3 Å². The zero-order valence-corrected chi connectivity index (χ0v) is 12.8. The molecule has 0 aromatic carbocycles. The number of ether oxygens (including phenoxy) is 2. The Balaban J connectivity index is 2.86. The molecule has 1 aliphatic rings. The number of esters is 1. The number of likely N-dealkylation sites (tertiary alicyclic amines) is 1. The minimum atomic E-state index is -1.32. The van der Waals surface area contributed by atoms with E-state index in [1.165, 1.54) is 12.0 Å². The largest absolute Gasteiger partial charge is 0.466 e. The Kier molecular flexibility index (Phi) is 5.36. The molecule has 0 aliphatic carbocycles. The first-order valence-corrected chi connectivity index (χ1v) is 6.69. The second kappa shape index (κ2) is 6.44. The zero-order chi connectivity index (χ0) is 16.4.